The summed E-state index contributed by atoms with van der Waals surface area (Å²) in [5.41, 5.74) is 2.90. The molecule has 2 fully saturated rings. The Morgan fingerprint density at radius 1 is 0.976 bits per heavy atom. The van der Waals surface area contributed by atoms with Gasteiger partial charge in [0.25, 0.3) is 0 Å². The number of anilines is 1. The number of aryl methyl sites for hydroxylation is 1. The summed E-state index contributed by atoms with van der Waals surface area (Å²) in [6.45, 7) is 2.84. The lowest BCUT2D eigenvalue weighted by Gasteiger charge is -2.52. The van der Waals surface area contributed by atoms with Crippen LogP contribution in [0.25, 0.3) is 0 Å². The van der Waals surface area contributed by atoms with E-state index in [4.69, 9.17) is 0 Å². The van der Waals surface area contributed by atoms with Crippen LogP contribution in [0.5, 0.6) is 0 Å². The van der Waals surface area contributed by atoms with E-state index in [1.54, 1.807) is 6.20 Å². The molecule has 1 saturated carbocycles. The number of amides is 2. The minimum Gasteiger partial charge on any atom is -0.330 e. The Morgan fingerprint density at radius 2 is 1.73 bits per heavy atom. The summed E-state index contributed by atoms with van der Waals surface area (Å²) in [5.74, 6) is -0.577. The van der Waals surface area contributed by atoms with Gasteiger partial charge in [-0.25, -0.2) is 13.8 Å². The molecular weight excluding hydrogens is 522 g/mol. The number of benzene rings is 2. The van der Waals surface area contributed by atoms with Crippen LogP contribution in [0.3, 0.4) is 0 Å². The summed E-state index contributed by atoms with van der Waals surface area (Å²) in [7, 11) is 0. The second kappa shape index (κ2) is 9.44. The van der Waals surface area contributed by atoms with E-state index in [1.807, 2.05) is 24.0 Å². The number of hydrogen-bond donors (Lipinski definition) is 2. The smallest absolute Gasteiger partial charge is 0.243 e. The van der Waals surface area contributed by atoms with Crippen molar-refractivity contribution in [2.45, 2.75) is 74.8 Å². The maximum absolute atomic E-state index is 14.3. The lowest BCUT2D eigenvalue weighted by molar-refractivity contribution is -0.151. The Labute approximate surface area is 238 Å². The third-order valence-corrected chi connectivity index (χ3v) is 10.1. The van der Waals surface area contributed by atoms with E-state index in [1.165, 1.54) is 23.3 Å². The van der Waals surface area contributed by atoms with Crippen LogP contribution < -0.4 is 10.6 Å². The third kappa shape index (κ3) is 4.09. The molecule has 2 aliphatic heterocycles. The van der Waals surface area contributed by atoms with Crippen LogP contribution in [-0.4, -0.2) is 40.3 Å². The second-order valence-electron chi connectivity index (χ2n) is 12.5. The summed E-state index contributed by atoms with van der Waals surface area (Å²) in [4.78, 5) is 33.3. The van der Waals surface area contributed by atoms with Crippen molar-refractivity contribution in [1.29, 1.82) is 0 Å². The molecule has 2 aliphatic carbocycles. The number of piperazine rings is 1. The van der Waals surface area contributed by atoms with Gasteiger partial charge in [0.05, 0.1) is 16.5 Å². The average molecular weight is 557 g/mol. The van der Waals surface area contributed by atoms with Gasteiger partial charge in [0.15, 0.2) is 0 Å². The predicted octanol–water partition coefficient (Wildman–Crippen LogP) is 4.94. The van der Waals surface area contributed by atoms with E-state index in [-0.39, 0.29) is 11.8 Å². The number of carbonyl (C=O) groups excluding carboxylic acids is 2. The third-order valence-electron chi connectivity index (χ3n) is 10.1. The number of carbonyl (C=O) groups is 2. The van der Waals surface area contributed by atoms with Gasteiger partial charge in [-0.1, -0.05) is 37.1 Å². The highest BCUT2D eigenvalue weighted by Crippen LogP contribution is 2.47. The van der Waals surface area contributed by atoms with Gasteiger partial charge in [-0.05, 0) is 85.9 Å². The monoisotopic (exact) mass is 556 g/mol. The van der Waals surface area contributed by atoms with Crippen molar-refractivity contribution < 1.29 is 18.4 Å². The van der Waals surface area contributed by atoms with Gasteiger partial charge in [-0.2, -0.15) is 0 Å². The Balaban J connectivity index is 1.11. The van der Waals surface area contributed by atoms with Gasteiger partial charge in [0, 0.05) is 30.9 Å². The average Bonchev–Trinajstić information content (AvgIpc) is 3.65. The molecular formula is C33H34F2N4O2. The number of hydrogen-bond acceptors (Lipinski definition) is 4. The fourth-order valence-corrected chi connectivity index (χ4v) is 7.75. The molecule has 2 N–H and O–H groups in total. The van der Waals surface area contributed by atoms with Gasteiger partial charge < -0.3 is 15.5 Å². The zero-order valence-corrected chi connectivity index (χ0v) is 23.2. The standard InChI is InChI=1S/C33H34F2N4O2/c1-31(24-15-25(34)17-26(35)16-24)20-37-33(10-2-3-11-33)30(41)39(31)13-5-6-21-8-9-22-18-32(19-23(22)14-21)27-7-4-12-36-28(27)38-29(32)40/h4,7-9,12,14-17,37H,2-3,5-6,10-11,13,18-20H2,1H3,(H,36,38,40)/t31-,32+/m0/s1. The summed E-state index contributed by atoms with van der Waals surface area (Å²) in [5, 5.41) is 6.46. The number of rotatable bonds is 5. The Morgan fingerprint density at radius 3 is 2.51 bits per heavy atom. The number of pyridine rings is 1. The summed E-state index contributed by atoms with van der Waals surface area (Å²) < 4.78 is 28.6. The molecule has 41 heavy (non-hydrogen) atoms. The highest BCUT2D eigenvalue weighted by molar-refractivity contribution is 6.06. The maximum atomic E-state index is 14.3. The first-order chi connectivity index (χ1) is 19.7. The van der Waals surface area contributed by atoms with Gasteiger partial charge in [0.2, 0.25) is 11.8 Å². The molecule has 8 heteroatoms. The zero-order valence-electron chi connectivity index (χ0n) is 23.2. The first-order valence-electron chi connectivity index (χ1n) is 14.6. The summed E-state index contributed by atoms with van der Waals surface area (Å²) in [6, 6.07) is 13.9. The molecule has 1 aromatic heterocycles. The van der Waals surface area contributed by atoms with Crippen LogP contribution in [-0.2, 0) is 39.8 Å². The highest BCUT2D eigenvalue weighted by atomic mass is 19.1. The van der Waals surface area contributed by atoms with E-state index in [2.05, 4.69) is 33.8 Å². The number of nitrogens with zero attached hydrogens (tertiary/aromatic N) is 2. The van der Waals surface area contributed by atoms with E-state index in [9.17, 15) is 18.4 Å². The first kappa shape index (κ1) is 26.3. The molecule has 1 saturated heterocycles. The zero-order chi connectivity index (χ0) is 28.4. The van der Waals surface area contributed by atoms with Crippen LogP contribution in [0.15, 0.2) is 54.7 Å². The van der Waals surface area contributed by atoms with Gasteiger partial charge in [0.1, 0.15) is 17.5 Å². The molecule has 2 aromatic carbocycles. The van der Waals surface area contributed by atoms with Gasteiger partial charge >= 0.3 is 0 Å². The number of halogens is 2. The van der Waals surface area contributed by atoms with E-state index < -0.39 is 28.1 Å². The van der Waals surface area contributed by atoms with Crippen LogP contribution >= 0.6 is 0 Å². The molecule has 2 atom stereocenters. The Bertz CT molecular complexity index is 1550. The molecule has 3 aromatic rings. The van der Waals surface area contributed by atoms with Crippen molar-refractivity contribution in [2.75, 3.05) is 18.4 Å². The van der Waals surface area contributed by atoms with Crippen LogP contribution in [0.4, 0.5) is 14.6 Å². The SMILES string of the molecule is C[C@@]1(c2cc(F)cc(F)c2)CNC2(CCCC2)C(=O)N1CCCc1ccc2c(c1)C[C@@]1(C2)C(=O)Nc2ncccc21. The van der Waals surface area contributed by atoms with E-state index in [0.717, 1.165) is 49.3 Å². The second-order valence-corrected chi connectivity index (χ2v) is 12.5. The van der Waals surface area contributed by atoms with E-state index in [0.29, 0.717) is 43.7 Å². The summed E-state index contributed by atoms with van der Waals surface area (Å²) >= 11 is 0. The fraction of sp³-hybridized carbons (Fsp3) is 0.424. The number of nitrogens with one attached hydrogen (secondary N) is 2. The lowest BCUT2D eigenvalue weighted by Crippen LogP contribution is -2.70. The molecule has 7 rings (SSSR count). The Kier molecular flexibility index (Phi) is 6.05. The Hall–Kier alpha value is -3.65. The van der Waals surface area contributed by atoms with Gasteiger partial charge in [-0.3, -0.25) is 9.59 Å². The minimum atomic E-state index is -0.866. The molecule has 212 valence electrons. The molecule has 6 nitrogen and oxygen atoms in total. The first-order valence-corrected chi connectivity index (χ1v) is 14.6. The van der Waals surface area contributed by atoms with Crippen LogP contribution in [0.2, 0.25) is 0 Å². The lowest BCUT2D eigenvalue weighted by atomic mass is 9.79. The van der Waals surface area contributed by atoms with Crippen molar-refractivity contribution in [1.82, 2.24) is 15.2 Å². The molecule has 4 aliphatic rings. The van der Waals surface area contributed by atoms with Crippen molar-refractivity contribution >= 4 is 17.6 Å². The molecule has 2 amide bonds. The largest absolute Gasteiger partial charge is 0.330 e. The van der Waals surface area contributed by atoms with Crippen LogP contribution in [0, 0.1) is 11.6 Å². The molecule has 0 bridgehead atoms. The molecule has 0 unspecified atom stereocenters. The van der Waals surface area contributed by atoms with E-state index >= 15 is 0 Å². The highest BCUT2D eigenvalue weighted by Gasteiger charge is 2.53. The number of fused-ring (bicyclic) bond motifs is 3. The fourth-order valence-electron chi connectivity index (χ4n) is 7.75. The van der Waals surface area contributed by atoms with Crippen molar-refractivity contribution in [3.63, 3.8) is 0 Å². The van der Waals surface area contributed by atoms with Gasteiger partial charge in [-0.15, -0.1) is 0 Å². The maximum Gasteiger partial charge on any atom is 0.243 e. The van der Waals surface area contributed by atoms with Crippen molar-refractivity contribution in [3.8, 4) is 0 Å². The molecule has 2 spiro atoms. The minimum absolute atomic E-state index is 0.00934. The normalized spacial score (nSPS) is 26.1. The molecule has 0 radical (unpaired) electrons. The van der Waals surface area contributed by atoms with Crippen molar-refractivity contribution in [3.05, 3.63) is 94.2 Å². The van der Waals surface area contributed by atoms with Crippen LogP contribution in [0.1, 0.15) is 66.8 Å². The topological polar surface area (TPSA) is 74.3 Å². The molecule has 3 heterocycles. The predicted molar refractivity (Wildman–Crippen MR) is 151 cm³/mol. The van der Waals surface area contributed by atoms with Crippen molar-refractivity contribution in [2.24, 2.45) is 0 Å². The quantitative estimate of drug-likeness (QED) is 0.467. The number of aromatic nitrogens is 1. The summed E-state index contributed by atoms with van der Waals surface area (Å²) in [6.07, 6.45) is 8.03.